The number of aryl methyl sites for hydroxylation is 1. The van der Waals surface area contributed by atoms with Crippen LogP contribution in [-0.4, -0.2) is 40.6 Å². The lowest BCUT2D eigenvalue weighted by Crippen LogP contribution is -2.34. The molecule has 6 heteroatoms. The summed E-state index contributed by atoms with van der Waals surface area (Å²) in [7, 11) is 0. The molecule has 96 valence electrons. The predicted octanol–water partition coefficient (Wildman–Crippen LogP) is 0.951. The van der Waals surface area contributed by atoms with Gasteiger partial charge in [-0.2, -0.15) is 5.10 Å². The van der Waals surface area contributed by atoms with Crippen molar-refractivity contribution >= 4 is 18.3 Å². The van der Waals surface area contributed by atoms with Crippen molar-refractivity contribution in [2.45, 2.75) is 20.3 Å². The quantitative estimate of drug-likeness (QED) is 0.829. The standard InChI is InChI=1S/C11H18N4O.ClH/c1-8-9(5-13-14-8)10(16)15-4-3-11(2,6-12)7-15;/h5H,3-4,6-7,12H2,1-2H3,(H,13,14);1H. The minimum atomic E-state index is 0. The molecule has 0 spiro atoms. The number of halogens is 1. The van der Waals surface area contributed by atoms with Crippen molar-refractivity contribution in [3.05, 3.63) is 17.5 Å². The molecule has 1 amide bonds. The maximum Gasteiger partial charge on any atom is 0.257 e. The van der Waals surface area contributed by atoms with E-state index in [1.165, 1.54) is 0 Å². The van der Waals surface area contributed by atoms with Gasteiger partial charge in [-0.3, -0.25) is 9.89 Å². The molecule has 1 aliphatic rings. The molecule has 17 heavy (non-hydrogen) atoms. The Morgan fingerprint density at radius 3 is 2.88 bits per heavy atom. The number of nitrogens with two attached hydrogens (primary N) is 1. The third-order valence-electron chi connectivity index (χ3n) is 3.40. The van der Waals surface area contributed by atoms with Gasteiger partial charge in [0.1, 0.15) is 0 Å². The molecule has 2 rings (SSSR count). The fourth-order valence-corrected chi connectivity index (χ4v) is 2.10. The highest BCUT2D eigenvalue weighted by Gasteiger charge is 2.35. The SMILES string of the molecule is Cc1[nH]ncc1C(=O)N1CCC(C)(CN)C1.Cl. The summed E-state index contributed by atoms with van der Waals surface area (Å²) in [5.41, 5.74) is 7.29. The van der Waals surface area contributed by atoms with Gasteiger partial charge in [-0.05, 0) is 25.3 Å². The highest BCUT2D eigenvalue weighted by molar-refractivity contribution is 5.95. The van der Waals surface area contributed by atoms with Crippen LogP contribution in [0, 0.1) is 12.3 Å². The molecule has 1 aromatic rings. The van der Waals surface area contributed by atoms with Gasteiger partial charge in [0.25, 0.3) is 5.91 Å². The van der Waals surface area contributed by atoms with Crippen molar-refractivity contribution in [2.75, 3.05) is 19.6 Å². The van der Waals surface area contributed by atoms with Crippen molar-refractivity contribution in [3.8, 4) is 0 Å². The van der Waals surface area contributed by atoms with E-state index in [1.807, 2.05) is 11.8 Å². The third kappa shape index (κ3) is 2.61. The number of nitrogens with zero attached hydrogens (tertiary/aromatic N) is 2. The van der Waals surface area contributed by atoms with Crippen LogP contribution >= 0.6 is 12.4 Å². The van der Waals surface area contributed by atoms with Gasteiger partial charge < -0.3 is 10.6 Å². The van der Waals surface area contributed by atoms with Gasteiger partial charge in [-0.1, -0.05) is 6.92 Å². The Labute approximate surface area is 107 Å². The summed E-state index contributed by atoms with van der Waals surface area (Å²) in [6.07, 6.45) is 2.57. The smallest absolute Gasteiger partial charge is 0.257 e. The molecule has 1 saturated heterocycles. The lowest BCUT2D eigenvalue weighted by Gasteiger charge is -2.22. The molecule has 0 radical (unpaired) electrons. The Kier molecular flexibility index (Phi) is 4.16. The molecule has 3 N–H and O–H groups in total. The van der Waals surface area contributed by atoms with E-state index in [4.69, 9.17) is 5.73 Å². The van der Waals surface area contributed by atoms with E-state index in [0.29, 0.717) is 12.1 Å². The summed E-state index contributed by atoms with van der Waals surface area (Å²) >= 11 is 0. The number of likely N-dealkylation sites (tertiary alicyclic amines) is 1. The summed E-state index contributed by atoms with van der Waals surface area (Å²) in [6.45, 7) is 6.15. The zero-order valence-corrected chi connectivity index (χ0v) is 11.0. The van der Waals surface area contributed by atoms with Gasteiger partial charge in [-0.15, -0.1) is 12.4 Å². The second kappa shape index (κ2) is 5.06. The summed E-state index contributed by atoms with van der Waals surface area (Å²) in [4.78, 5) is 14.0. The number of carbonyl (C=O) groups excluding carboxylic acids is 1. The van der Waals surface area contributed by atoms with Gasteiger partial charge >= 0.3 is 0 Å². The molecule has 1 unspecified atom stereocenters. The molecule has 1 aliphatic heterocycles. The van der Waals surface area contributed by atoms with Gasteiger partial charge in [-0.25, -0.2) is 0 Å². The Bertz CT molecular complexity index is 406. The molecule has 1 fully saturated rings. The number of nitrogens with one attached hydrogen (secondary N) is 1. The number of hydrogen-bond donors (Lipinski definition) is 2. The summed E-state index contributed by atoms with van der Waals surface area (Å²) in [5, 5.41) is 6.66. The fourth-order valence-electron chi connectivity index (χ4n) is 2.10. The van der Waals surface area contributed by atoms with Crippen molar-refractivity contribution in [1.29, 1.82) is 0 Å². The van der Waals surface area contributed by atoms with Crippen LogP contribution in [0.1, 0.15) is 29.4 Å². The lowest BCUT2D eigenvalue weighted by atomic mass is 9.90. The van der Waals surface area contributed by atoms with Gasteiger partial charge in [0.05, 0.1) is 11.8 Å². The number of aromatic amines is 1. The van der Waals surface area contributed by atoms with Gasteiger partial charge in [0.15, 0.2) is 0 Å². The first kappa shape index (κ1) is 14.0. The predicted molar refractivity (Wildman–Crippen MR) is 68.3 cm³/mol. The number of amides is 1. The lowest BCUT2D eigenvalue weighted by molar-refractivity contribution is 0.0776. The highest BCUT2D eigenvalue weighted by Crippen LogP contribution is 2.29. The summed E-state index contributed by atoms with van der Waals surface area (Å²) in [6, 6.07) is 0. The first-order valence-electron chi connectivity index (χ1n) is 5.55. The first-order valence-corrected chi connectivity index (χ1v) is 5.55. The molecule has 1 atom stereocenters. The maximum atomic E-state index is 12.2. The van der Waals surface area contributed by atoms with E-state index in [0.717, 1.165) is 25.2 Å². The van der Waals surface area contributed by atoms with Crippen LogP contribution in [0.4, 0.5) is 0 Å². The molecule has 0 bridgehead atoms. The summed E-state index contributed by atoms with van der Waals surface area (Å²) in [5.74, 6) is 0.0587. The van der Waals surface area contributed by atoms with E-state index in [2.05, 4.69) is 17.1 Å². The number of rotatable bonds is 2. The highest BCUT2D eigenvalue weighted by atomic mass is 35.5. The minimum absolute atomic E-state index is 0. The number of H-pyrrole nitrogens is 1. The van der Waals surface area contributed by atoms with Crippen LogP contribution in [0.5, 0.6) is 0 Å². The van der Waals surface area contributed by atoms with Crippen LogP contribution in [0.15, 0.2) is 6.20 Å². The number of carbonyl (C=O) groups is 1. The Hall–Kier alpha value is -1.07. The van der Waals surface area contributed by atoms with Crippen LogP contribution in [0.2, 0.25) is 0 Å². The van der Waals surface area contributed by atoms with Crippen molar-refractivity contribution in [3.63, 3.8) is 0 Å². The molecular weight excluding hydrogens is 240 g/mol. The Morgan fingerprint density at radius 2 is 2.41 bits per heavy atom. The third-order valence-corrected chi connectivity index (χ3v) is 3.40. The van der Waals surface area contributed by atoms with Crippen LogP contribution < -0.4 is 5.73 Å². The second-order valence-electron chi connectivity index (χ2n) is 4.90. The number of hydrogen-bond acceptors (Lipinski definition) is 3. The minimum Gasteiger partial charge on any atom is -0.338 e. The molecule has 0 saturated carbocycles. The fraction of sp³-hybridized carbons (Fsp3) is 0.636. The monoisotopic (exact) mass is 258 g/mol. The largest absolute Gasteiger partial charge is 0.338 e. The Balaban J connectivity index is 0.00000144. The molecule has 1 aromatic heterocycles. The topological polar surface area (TPSA) is 75.0 Å². The number of aromatic nitrogens is 2. The van der Waals surface area contributed by atoms with Gasteiger partial charge in [0, 0.05) is 18.8 Å². The zero-order valence-electron chi connectivity index (χ0n) is 10.2. The van der Waals surface area contributed by atoms with E-state index < -0.39 is 0 Å². The van der Waals surface area contributed by atoms with Crippen molar-refractivity contribution in [1.82, 2.24) is 15.1 Å². The van der Waals surface area contributed by atoms with Gasteiger partial charge in [0.2, 0.25) is 0 Å². The molecule has 5 nitrogen and oxygen atoms in total. The first-order chi connectivity index (χ1) is 7.56. The van der Waals surface area contributed by atoms with Crippen LogP contribution in [-0.2, 0) is 0 Å². The van der Waals surface area contributed by atoms with E-state index in [-0.39, 0.29) is 23.7 Å². The van der Waals surface area contributed by atoms with E-state index in [9.17, 15) is 4.79 Å². The van der Waals surface area contributed by atoms with E-state index >= 15 is 0 Å². The summed E-state index contributed by atoms with van der Waals surface area (Å²) < 4.78 is 0. The molecular formula is C11H19ClN4O. The average Bonchev–Trinajstić information content (AvgIpc) is 2.85. The van der Waals surface area contributed by atoms with Crippen LogP contribution in [0.25, 0.3) is 0 Å². The molecule has 0 aromatic carbocycles. The normalized spacial score (nSPS) is 23.6. The van der Waals surface area contributed by atoms with Crippen molar-refractivity contribution < 1.29 is 4.79 Å². The maximum absolute atomic E-state index is 12.2. The Morgan fingerprint density at radius 1 is 1.71 bits per heavy atom. The zero-order chi connectivity index (χ0) is 11.8. The molecule has 2 heterocycles. The van der Waals surface area contributed by atoms with Crippen LogP contribution in [0.3, 0.4) is 0 Å². The average molecular weight is 259 g/mol. The van der Waals surface area contributed by atoms with Crippen molar-refractivity contribution in [2.24, 2.45) is 11.1 Å². The molecule has 0 aliphatic carbocycles. The second-order valence-corrected chi connectivity index (χ2v) is 4.90. The van der Waals surface area contributed by atoms with E-state index in [1.54, 1.807) is 6.20 Å².